The van der Waals surface area contributed by atoms with Crippen LogP contribution in [0.2, 0.25) is 0 Å². The van der Waals surface area contributed by atoms with Gasteiger partial charge in [-0.25, -0.2) is 4.99 Å². The van der Waals surface area contributed by atoms with Gasteiger partial charge in [-0.05, 0) is 95.4 Å². The van der Waals surface area contributed by atoms with Crippen LogP contribution in [0.25, 0.3) is 16.5 Å². The van der Waals surface area contributed by atoms with Crippen molar-refractivity contribution >= 4 is 39.9 Å². The Balaban J connectivity index is 1.26. The molecule has 42 heavy (non-hydrogen) atoms. The minimum absolute atomic E-state index is 0.118. The number of hydrogen-bond donors (Lipinski definition) is 1. The number of carbonyl (C=O) groups is 3. The zero-order valence-electron chi connectivity index (χ0n) is 25.1. The predicted molar refractivity (Wildman–Crippen MR) is 164 cm³/mol. The van der Waals surface area contributed by atoms with E-state index in [1.807, 2.05) is 37.1 Å². The van der Waals surface area contributed by atoms with Crippen LogP contribution in [-0.2, 0) is 9.59 Å². The Morgan fingerprint density at radius 1 is 1.05 bits per heavy atom. The summed E-state index contributed by atoms with van der Waals surface area (Å²) in [4.78, 5) is 47.8. The fourth-order valence-electron chi connectivity index (χ4n) is 7.05. The molecule has 9 heteroatoms. The van der Waals surface area contributed by atoms with Crippen LogP contribution in [0.3, 0.4) is 0 Å². The summed E-state index contributed by atoms with van der Waals surface area (Å²) in [6, 6.07) is 4.48. The van der Waals surface area contributed by atoms with E-state index in [1.165, 1.54) is 12.8 Å². The first-order chi connectivity index (χ1) is 20.3. The smallest absolute Gasteiger partial charge is 0.254 e. The van der Waals surface area contributed by atoms with E-state index in [4.69, 9.17) is 5.10 Å². The number of nitrogens with one attached hydrogen (secondary N) is 1. The molecule has 3 amide bonds. The fourth-order valence-corrected chi connectivity index (χ4v) is 7.05. The molecular weight excluding hydrogens is 528 g/mol. The van der Waals surface area contributed by atoms with Crippen LogP contribution in [0, 0.1) is 11.8 Å². The Labute approximate surface area is 247 Å². The van der Waals surface area contributed by atoms with Crippen LogP contribution in [0.5, 0.6) is 0 Å². The van der Waals surface area contributed by atoms with Crippen molar-refractivity contribution in [3.05, 3.63) is 47.2 Å². The zero-order chi connectivity index (χ0) is 29.4. The fraction of sp³-hybridized carbons (Fsp3) is 0.545. The van der Waals surface area contributed by atoms with Crippen molar-refractivity contribution in [2.24, 2.45) is 16.8 Å². The van der Waals surface area contributed by atoms with Crippen LogP contribution >= 0.6 is 0 Å². The summed E-state index contributed by atoms with van der Waals surface area (Å²) in [5.74, 6) is -0.489. The van der Waals surface area contributed by atoms with Gasteiger partial charge in [-0.2, -0.15) is 5.10 Å². The summed E-state index contributed by atoms with van der Waals surface area (Å²) >= 11 is 0. The number of aromatic nitrogens is 2. The summed E-state index contributed by atoms with van der Waals surface area (Å²) < 4.78 is 2.11. The maximum atomic E-state index is 13.7. The second-order valence-corrected chi connectivity index (χ2v) is 12.6. The molecule has 9 nitrogen and oxygen atoms in total. The summed E-state index contributed by atoms with van der Waals surface area (Å²) in [5.41, 5.74) is 5.31. The van der Waals surface area contributed by atoms with Gasteiger partial charge in [0.05, 0.1) is 29.2 Å². The third-order valence-electron chi connectivity index (χ3n) is 9.63. The molecule has 1 aromatic heterocycles. The summed E-state index contributed by atoms with van der Waals surface area (Å²) in [6.07, 6.45) is 13.0. The molecule has 4 aliphatic rings. The highest BCUT2D eigenvalue weighted by atomic mass is 16.2. The van der Waals surface area contributed by atoms with Crippen LogP contribution in [0.1, 0.15) is 80.8 Å². The third-order valence-corrected chi connectivity index (χ3v) is 9.63. The van der Waals surface area contributed by atoms with Crippen molar-refractivity contribution in [2.75, 3.05) is 39.8 Å². The molecule has 4 heterocycles. The number of nitrogens with zero attached hydrogens (tertiary/aromatic N) is 5. The molecule has 2 fully saturated rings. The van der Waals surface area contributed by atoms with E-state index in [1.54, 1.807) is 0 Å². The number of carbonyl (C=O) groups excluding carboxylic acids is 3. The molecule has 222 valence electrons. The standard InChI is InChI=1S/C33H42N6O3/c1-21-16-22(2)36-32(41)28(21)19-34-31(40)27-17-25(18-30-29(27)20-35-39(30)26-6-4-5-7-26)23-10-14-38(15-11-23)33(42)24-8-12-37(3)13-9-24/h10,16-18,20,24,26,28H,4-9,11-15,19H2,1-3H3,(H,34,40). The van der Waals surface area contributed by atoms with E-state index in [0.29, 0.717) is 30.4 Å². The van der Waals surface area contributed by atoms with Crippen molar-refractivity contribution in [2.45, 2.75) is 64.8 Å². The summed E-state index contributed by atoms with van der Waals surface area (Å²) in [7, 11) is 2.11. The molecule has 2 aromatic rings. The Bertz CT molecular complexity index is 1490. The summed E-state index contributed by atoms with van der Waals surface area (Å²) in [6.45, 7) is 7.16. The summed E-state index contributed by atoms with van der Waals surface area (Å²) in [5, 5.41) is 8.61. The van der Waals surface area contributed by atoms with Crippen molar-refractivity contribution < 1.29 is 14.4 Å². The Morgan fingerprint density at radius 3 is 2.50 bits per heavy atom. The number of amides is 3. The van der Waals surface area contributed by atoms with Gasteiger partial charge < -0.3 is 15.1 Å². The molecule has 1 N–H and O–H groups in total. The minimum atomic E-state index is -0.452. The number of hydrogen-bond acceptors (Lipinski definition) is 5. The normalized spacial score (nSPS) is 22.7. The van der Waals surface area contributed by atoms with Crippen LogP contribution in [0.4, 0.5) is 0 Å². The molecule has 0 radical (unpaired) electrons. The molecule has 1 aromatic carbocycles. The van der Waals surface area contributed by atoms with Gasteiger partial charge in [0, 0.05) is 36.7 Å². The number of dihydropyridines is 1. The molecule has 6 rings (SSSR count). The first-order valence-electron chi connectivity index (χ1n) is 15.5. The molecule has 3 aliphatic heterocycles. The van der Waals surface area contributed by atoms with Crippen LogP contribution in [0.15, 0.2) is 41.0 Å². The van der Waals surface area contributed by atoms with Crippen LogP contribution < -0.4 is 5.32 Å². The number of aliphatic imine (C=N–C) groups is 1. The number of piperidine rings is 1. The van der Waals surface area contributed by atoms with Gasteiger partial charge in [0.15, 0.2) is 0 Å². The molecule has 1 saturated heterocycles. The van der Waals surface area contributed by atoms with Gasteiger partial charge in [-0.3, -0.25) is 19.1 Å². The van der Waals surface area contributed by atoms with Gasteiger partial charge in [0.1, 0.15) is 0 Å². The van der Waals surface area contributed by atoms with Crippen molar-refractivity contribution in [3.63, 3.8) is 0 Å². The average Bonchev–Trinajstić information content (AvgIpc) is 3.66. The van der Waals surface area contributed by atoms with Gasteiger partial charge in [-0.1, -0.05) is 24.5 Å². The number of benzene rings is 1. The lowest BCUT2D eigenvalue weighted by Crippen LogP contribution is -2.43. The van der Waals surface area contributed by atoms with E-state index < -0.39 is 5.92 Å². The second kappa shape index (κ2) is 12.0. The maximum absolute atomic E-state index is 13.7. The van der Waals surface area contributed by atoms with Gasteiger partial charge >= 0.3 is 0 Å². The first kappa shape index (κ1) is 28.5. The molecule has 1 unspecified atom stereocenters. The highest BCUT2D eigenvalue weighted by molar-refractivity contribution is 6.08. The number of fused-ring (bicyclic) bond motifs is 1. The lowest BCUT2D eigenvalue weighted by molar-refractivity contribution is -0.136. The number of likely N-dealkylation sites (tertiary alicyclic amines) is 1. The quantitative estimate of drug-likeness (QED) is 0.555. The molecule has 1 saturated carbocycles. The number of rotatable bonds is 6. The Hall–Kier alpha value is -3.59. The average molecular weight is 571 g/mol. The topological polar surface area (TPSA) is 99.9 Å². The predicted octanol–water partition coefficient (Wildman–Crippen LogP) is 4.40. The van der Waals surface area contributed by atoms with Crippen molar-refractivity contribution in [1.82, 2.24) is 24.9 Å². The third kappa shape index (κ3) is 5.71. The molecule has 0 bridgehead atoms. The highest BCUT2D eigenvalue weighted by Crippen LogP contribution is 2.35. The first-order valence-corrected chi connectivity index (χ1v) is 15.5. The SMILES string of the molecule is CC1=CC(C)=NC(=O)C1CNC(=O)c1cc(C2=CCN(C(=O)C3CCN(C)CC3)CC2)cc2c1cnn2C1CCCC1. The van der Waals surface area contributed by atoms with Gasteiger partial charge in [0.25, 0.3) is 11.8 Å². The second-order valence-electron chi connectivity index (χ2n) is 12.6. The van der Waals surface area contributed by atoms with Gasteiger partial charge in [-0.15, -0.1) is 0 Å². The van der Waals surface area contributed by atoms with Crippen molar-refractivity contribution in [3.8, 4) is 0 Å². The lowest BCUT2D eigenvalue weighted by atomic mass is 9.92. The lowest BCUT2D eigenvalue weighted by Gasteiger charge is -2.34. The van der Waals surface area contributed by atoms with E-state index in [2.05, 4.69) is 39.1 Å². The van der Waals surface area contributed by atoms with Crippen LogP contribution in [-0.4, -0.2) is 82.8 Å². The molecular formula is C33H42N6O3. The molecule has 1 atom stereocenters. The highest BCUT2D eigenvalue weighted by Gasteiger charge is 2.30. The maximum Gasteiger partial charge on any atom is 0.254 e. The molecule has 1 aliphatic carbocycles. The number of allylic oxidation sites excluding steroid dienone is 1. The molecule has 0 spiro atoms. The monoisotopic (exact) mass is 570 g/mol. The zero-order valence-corrected chi connectivity index (χ0v) is 25.1. The Kier molecular flexibility index (Phi) is 8.12. The largest absolute Gasteiger partial charge is 0.351 e. The van der Waals surface area contributed by atoms with E-state index in [9.17, 15) is 14.4 Å². The van der Waals surface area contributed by atoms with E-state index in [0.717, 1.165) is 72.8 Å². The van der Waals surface area contributed by atoms with E-state index >= 15 is 0 Å². The Morgan fingerprint density at radius 2 is 1.81 bits per heavy atom. The van der Waals surface area contributed by atoms with E-state index in [-0.39, 0.29) is 30.2 Å². The van der Waals surface area contributed by atoms with Crippen molar-refractivity contribution in [1.29, 1.82) is 0 Å². The minimum Gasteiger partial charge on any atom is -0.351 e. The van der Waals surface area contributed by atoms with Gasteiger partial charge in [0.2, 0.25) is 5.91 Å².